The monoisotopic (exact) mass is 352 g/mol. The Labute approximate surface area is 152 Å². The maximum atomic E-state index is 13.3. The molecule has 3 aromatic rings. The van der Waals surface area contributed by atoms with Gasteiger partial charge in [0.1, 0.15) is 11.5 Å². The Morgan fingerprint density at radius 3 is 2.85 bits per heavy atom. The number of piperidine rings is 1. The van der Waals surface area contributed by atoms with Crippen LogP contribution in [0.2, 0.25) is 0 Å². The second kappa shape index (κ2) is 6.27. The van der Waals surface area contributed by atoms with E-state index in [1.54, 1.807) is 10.9 Å². The largest absolute Gasteiger partial charge is 0.464 e. The highest BCUT2D eigenvalue weighted by molar-refractivity contribution is 5.97. The zero-order valence-corrected chi connectivity index (χ0v) is 15.7. The smallest absolute Gasteiger partial charge is 0.256 e. The van der Waals surface area contributed by atoms with Crippen LogP contribution in [0.1, 0.15) is 53.4 Å². The lowest BCUT2D eigenvalue weighted by Crippen LogP contribution is -2.40. The summed E-state index contributed by atoms with van der Waals surface area (Å²) in [6.07, 6.45) is 3.58. The molecule has 1 saturated heterocycles. The number of likely N-dealkylation sites (tertiary alicyclic amines) is 1. The van der Waals surface area contributed by atoms with Crippen LogP contribution in [0.3, 0.4) is 0 Å². The van der Waals surface area contributed by atoms with E-state index < -0.39 is 0 Å². The number of hydrogen-bond acceptors (Lipinski definition) is 4. The normalized spacial score (nSPS) is 20.7. The summed E-state index contributed by atoms with van der Waals surface area (Å²) in [7, 11) is 1.87. The fraction of sp³-hybridized carbons (Fsp3) is 0.450. The van der Waals surface area contributed by atoms with Crippen molar-refractivity contribution in [3.63, 3.8) is 0 Å². The van der Waals surface area contributed by atoms with Crippen LogP contribution in [0.15, 0.2) is 28.8 Å². The van der Waals surface area contributed by atoms with Crippen molar-refractivity contribution in [3.8, 4) is 0 Å². The van der Waals surface area contributed by atoms with Gasteiger partial charge in [0.25, 0.3) is 5.91 Å². The summed E-state index contributed by atoms with van der Waals surface area (Å²) in [5.41, 5.74) is 2.29. The SMILES string of the molecule is Cc1ccc([C@H]2C[C@H](C)CCN2C(=O)c2cnc3c(c2)c(C)nn3C)o1. The summed E-state index contributed by atoms with van der Waals surface area (Å²) >= 11 is 0. The van der Waals surface area contributed by atoms with Gasteiger partial charge in [0.2, 0.25) is 0 Å². The van der Waals surface area contributed by atoms with Gasteiger partial charge in [0.05, 0.1) is 17.3 Å². The number of nitrogens with zero attached hydrogens (tertiary/aromatic N) is 4. The number of aromatic nitrogens is 3. The predicted molar refractivity (Wildman–Crippen MR) is 98.9 cm³/mol. The van der Waals surface area contributed by atoms with E-state index in [0.717, 1.165) is 47.6 Å². The van der Waals surface area contributed by atoms with E-state index in [-0.39, 0.29) is 11.9 Å². The van der Waals surface area contributed by atoms with E-state index in [4.69, 9.17) is 4.42 Å². The maximum Gasteiger partial charge on any atom is 0.256 e. The molecule has 0 saturated carbocycles. The number of rotatable bonds is 2. The van der Waals surface area contributed by atoms with Crippen LogP contribution >= 0.6 is 0 Å². The summed E-state index contributed by atoms with van der Waals surface area (Å²) < 4.78 is 7.60. The molecule has 0 unspecified atom stereocenters. The summed E-state index contributed by atoms with van der Waals surface area (Å²) in [5.74, 6) is 2.32. The van der Waals surface area contributed by atoms with E-state index >= 15 is 0 Å². The summed E-state index contributed by atoms with van der Waals surface area (Å²) in [6, 6.07) is 5.84. The first-order valence-corrected chi connectivity index (χ1v) is 9.10. The number of amides is 1. The fourth-order valence-electron chi connectivity index (χ4n) is 3.88. The molecular weight excluding hydrogens is 328 g/mol. The Morgan fingerprint density at radius 1 is 1.31 bits per heavy atom. The van der Waals surface area contributed by atoms with Crippen molar-refractivity contribution in [3.05, 3.63) is 47.2 Å². The van der Waals surface area contributed by atoms with Crippen molar-refractivity contribution in [2.75, 3.05) is 6.54 Å². The van der Waals surface area contributed by atoms with Crippen LogP contribution < -0.4 is 0 Å². The van der Waals surface area contributed by atoms with Gasteiger partial charge in [0, 0.05) is 25.2 Å². The molecule has 3 aromatic heterocycles. The first-order valence-electron chi connectivity index (χ1n) is 9.10. The highest BCUT2D eigenvalue weighted by Crippen LogP contribution is 2.36. The van der Waals surface area contributed by atoms with Crippen molar-refractivity contribution < 1.29 is 9.21 Å². The van der Waals surface area contributed by atoms with E-state index in [2.05, 4.69) is 17.0 Å². The molecule has 0 N–H and O–H groups in total. The minimum absolute atomic E-state index is 0.00797. The third-order valence-corrected chi connectivity index (χ3v) is 5.33. The fourth-order valence-corrected chi connectivity index (χ4v) is 3.88. The Balaban J connectivity index is 1.70. The van der Waals surface area contributed by atoms with Crippen LogP contribution in [0.4, 0.5) is 0 Å². The zero-order chi connectivity index (χ0) is 18.4. The number of carbonyl (C=O) groups is 1. The summed E-state index contributed by atoms with van der Waals surface area (Å²) in [5, 5.41) is 5.32. The zero-order valence-electron chi connectivity index (χ0n) is 15.7. The molecule has 6 heteroatoms. The van der Waals surface area contributed by atoms with Crippen molar-refractivity contribution >= 4 is 16.9 Å². The standard InChI is InChI=1S/C20H24N4O2/c1-12-7-8-24(17(9-12)18-6-5-13(2)26-18)20(25)15-10-16-14(3)22-23(4)19(16)21-11-15/h5-6,10-12,17H,7-9H2,1-4H3/t12-,17-/m1/s1. The van der Waals surface area contributed by atoms with Crippen molar-refractivity contribution in [2.45, 2.75) is 39.7 Å². The van der Waals surface area contributed by atoms with Gasteiger partial charge in [0.15, 0.2) is 5.65 Å². The lowest BCUT2D eigenvalue weighted by molar-refractivity contribution is 0.0519. The molecule has 1 aliphatic rings. The predicted octanol–water partition coefficient (Wildman–Crippen LogP) is 3.79. The van der Waals surface area contributed by atoms with Crippen molar-refractivity contribution in [2.24, 2.45) is 13.0 Å². The van der Waals surface area contributed by atoms with E-state index in [0.29, 0.717) is 11.5 Å². The molecule has 1 amide bonds. The number of carbonyl (C=O) groups excluding carboxylic acids is 1. The van der Waals surface area contributed by atoms with Gasteiger partial charge in [-0.15, -0.1) is 0 Å². The van der Waals surface area contributed by atoms with E-state index in [1.165, 1.54) is 0 Å². The average Bonchev–Trinajstić information content (AvgIpc) is 3.18. The van der Waals surface area contributed by atoms with Crippen LogP contribution in [-0.2, 0) is 7.05 Å². The van der Waals surface area contributed by atoms with Crippen LogP contribution in [-0.4, -0.2) is 32.1 Å². The Kier molecular flexibility index (Phi) is 4.05. The van der Waals surface area contributed by atoms with Gasteiger partial charge in [-0.05, 0) is 50.8 Å². The second-order valence-corrected chi connectivity index (χ2v) is 7.40. The quantitative estimate of drug-likeness (QED) is 0.704. The first-order chi connectivity index (χ1) is 12.4. The molecule has 0 bridgehead atoms. The second-order valence-electron chi connectivity index (χ2n) is 7.40. The Morgan fingerprint density at radius 2 is 2.12 bits per heavy atom. The molecule has 26 heavy (non-hydrogen) atoms. The molecule has 4 heterocycles. The van der Waals surface area contributed by atoms with Crippen molar-refractivity contribution in [1.29, 1.82) is 0 Å². The maximum absolute atomic E-state index is 13.3. The minimum atomic E-state index is -0.0226. The molecule has 0 radical (unpaired) electrons. The van der Waals surface area contributed by atoms with Crippen molar-refractivity contribution in [1.82, 2.24) is 19.7 Å². The molecule has 0 aliphatic carbocycles. The van der Waals surface area contributed by atoms with Gasteiger partial charge in [-0.1, -0.05) is 6.92 Å². The Hall–Kier alpha value is -2.63. The highest BCUT2D eigenvalue weighted by atomic mass is 16.3. The summed E-state index contributed by atoms with van der Waals surface area (Å²) in [6.45, 7) is 6.84. The van der Waals surface area contributed by atoms with Gasteiger partial charge in [-0.3, -0.25) is 9.48 Å². The third kappa shape index (κ3) is 2.79. The Bertz CT molecular complexity index is 972. The molecule has 2 atom stereocenters. The molecular formula is C20H24N4O2. The third-order valence-electron chi connectivity index (χ3n) is 5.33. The molecule has 0 spiro atoms. The van der Waals surface area contributed by atoms with E-state index in [9.17, 15) is 4.79 Å². The first kappa shape index (κ1) is 16.8. The molecule has 6 nitrogen and oxygen atoms in total. The molecule has 1 fully saturated rings. The van der Waals surface area contributed by atoms with Gasteiger partial charge >= 0.3 is 0 Å². The lowest BCUT2D eigenvalue weighted by atomic mass is 9.90. The van der Waals surface area contributed by atoms with E-state index in [1.807, 2.05) is 44.0 Å². The number of pyridine rings is 1. The minimum Gasteiger partial charge on any atom is -0.464 e. The highest BCUT2D eigenvalue weighted by Gasteiger charge is 2.33. The topological polar surface area (TPSA) is 64.2 Å². The lowest BCUT2D eigenvalue weighted by Gasteiger charge is -2.37. The molecule has 0 aromatic carbocycles. The molecule has 136 valence electrons. The number of fused-ring (bicyclic) bond motifs is 1. The number of aryl methyl sites for hydroxylation is 3. The van der Waals surface area contributed by atoms with Crippen LogP contribution in [0, 0.1) is 19.8 Å². The van der Waals surface area contributed by atoms with Gasteiger partial charge in [-0.25, -0.2) is 4.98 Å². The molecule has 4 rings (SSSR count). The average molecular weight is 352 g/mol. The molecule has 1 aliphatic heterocycles. The number of hydrogen-bond donors (Lipinski definition) is 0. The number of furan rings is 1. The van der Waals surface area contributed by atoms with Gasteiger partial charge < -0.3 is 9.32 Å². The van der Waals surface area contributed by atoms with Crippen LogP contribution in [0.5, 0.6) is 0 Å². The summed E-state index contributed by atoms with van der Waals surface area (Å²) in [4.78, 5) is 19.7. The van der Waals surface area contributed by atoms with Gasteiger partial charge in [-0.2, -0.15) is 5.10 Å². The van der Waals surface area contributed by atoms with Crippen LogP contribution in [0.25, 0.3) is 11.0 Å².